The Bertz CT molecular complexity index is 439. The van der Waals surface area contributed by atoms with E-state index in [1.807, 2.05) is 18.7 Å². The highest BCUT2D eigenvalue weighted by Crippen LogP contribution is 2.44. The van der Waals surface area contributed by atoms with Gasteiger partial charge in [0.2, 0.25) is 0 Å². The predicted octanol–water partition coefficient (Wildman–Crippen LogP) is 3.54. The lowest BCUT2D eigenvalue weighted by atomic mass is 9.80. The molecule has 3 unspecified atom stereocenters. The van der Waals surface area contributed by atoms with Crippen LogP contribution in [0, 0.1) is 12.8 Å². The Morgan fingerprint density at radius 2 is 2.40 bits per heavy atom. The lowest BCUT2D eigenvalue weighted by molar-refractivity contribution is -0.0863. The Morgan fingerprint density at radius 1 is 1.50 bits per heavy atom. The molecule has 2 fully saturated rings. The molecule has 3 atom stereocenters. The van der Waals surface area contributed by atoms with Gasteiger partial charge >= 0.3 is 0 Å². The van der Waals surface area contributed by atoms with Crippen LogP contribution in [-0.4, -0.2) is 30.3 Å². The van der Waals surface area contributed by atoms with E-state index in [1.165, 1.54) is 17.9 Å². The molecule has 0 radical (unpaired) electrons. The molecule has 2 saturated heterocycles. The van der Waals surface area contributed by atoms with Gasteiger partial charge in [0, 0.05) is 12.4 Å². The summed E-state index contributed by atoms with van der Waals surface area (Å²) < 4.78 is 12.0. The SMILES string of the molecule is CCNC(c1ccc(C)o1)C1CCOC2(CCSC2)C1. The Labute approximate surface area is 125 Å². The Morgan fingerprint density at radius 3 is 3.05 bits per heavy atom. The second-order valence-corrected chi connectivity index (χ2v) is 7.18. The Kier molecular flexibility index (Phi) is 4.43. The summed E-state index contributed by atoms with van der Waals surface area (Å²) >= 11 is 2.04. The molecular weight excluding hydrogens is 270 g/mol. The van der Waals surface area contributed by atoms with Crippen molar-refractivity contribution in [2.24, 2.45) is 5.92 Å². The minimum absolute atomic E-state index is 0.142. The predicted molar refractivity (Wildman–Crippen MR) is 83.2 cm³/mol. The number of rotatable bonds is 4. The maximum absolute atomic E-state index is 6.15. The fourth-order valence-electron chi connectivity index (χ4n) is 3.55. The number of nitrogens with one attached hydrogen (secondary N) is 1. The second-order valence-electron chi connectivity index (χ2n) is 6.07. The van der Waals surface area contributed by atoms with Crippen molar-refractivity contribution in [3.63, 3.8) is 0 Å². The molecule has 1 spiro atoms. The number of thioether (sulfide) groups is 1. The second kappa shape index (κ2) is 6.12. The molecule has 1 aromatic rings. The Hall–Kier alpha value is -0.450. The van der Waals surface area contributed by atoms with Gasteiger partial charge in [-0.3, -0.25) is 0 Å². The van der Waals surface area contributed by atoms with Crippen molar-refractivity contribution < 1.29 is 9.15 Å². The molecule has 3 rings (SSSR count). The summed E-state index contributed by atoms with van der Waals surface area (Å²) in [5.74, 6) is 5.13. The molecule has 112 valence electrons. The van der Waals surface area contributed by atoms with E-state index in [-0.39, 0.29) is 5.60 Å². The van der Waals surface area contributed by atoms with Crippen LogP contribution >= 0.6 is 11.8 Å². The molecule has 1 N–H and O–H groups in total. The van der Waals surface area contributed by atoms with E-state index in [9.17, 15) is 0 Å². The van der Waals surface area contributed by atoms with E-state index in [0.29, 0.717) is 12.0 Å². The van der Waals surface area contributed by atoms with Gasteiger partial charge in [-0.05, 0) is 56.5 Å². The van der Waals surface area contributed by atoms with E-state index in [2.05, 4.69) is 24.4 Å². The average molecular weight is 295 g/mol. The molecule has 1 aromatic heterocycles. The van der Waals surface area contributed by atoms with Gasteiger partial charge < -0.3 is 14.5 Å². The average Bonchev–Trinajstić information content (AvgIpc) is 3.06. The minimum atomic E-state index is 0.142. The standard InChI is InChI=1S/C16H25NO2S/c1-3-17-15(14-5-4-12(2)19-14)13-6-8-18-16(10-13)7-9-20-11-16/h4-5,13,15,17H,3,6-11H2,1-2H3. The number of furan rings is 1. The van der Waals surface area contributed by atoms with Crippen molar-refractivity contribution in [2.75, 3.05) is 24.7 Å². The van der Waals surface area contributed by atoms with E-state index >= 15 is 0 Å². The summed E-state index contributed by atoms with van der Waals surface area (Å²) in [5, 5.41) is 3.63. The fraction of sp³-hybridized carbons (Fsp3) is 0.750. The van der Waals surface area contributed by atoms with Gasteiger partial charge in [0.1, 0.15) is 11.5 Å². The zero-order chi connectivity index (χ0) is 14.0. The van der Waals surface area contributed by atoms with Crippen molar-refractivity contribution >= 4 is 11.8 Å². The number of hydrogen-bond acceptors (Lipinski definition) is 4. The molecule has 0 saturated carbocycles. The van der Waals surface area contributed by atoms with Crippen LogP contribution in [0.1, 0.15) is 43.7 Å². The first-order valence-electron chi connectivity index (χ1n) is 7.74. The van der Waals surface area contributed by atoms with E-state index in [0.717, 1.165) is 37.5 Å². The fourth-order valence-corrected chi connectivity index (χ4v) is 4.93. The lowest BCUT2D eigenvalue weighted by Crippen LogP contribution is -2.43. The van der Waals surface area contributed by atoms with Crippen molar-refractivity contribution in [2.45, 2.75) is 44.8 Å². The third kappa shape index (κ3) is 2.92. The number of ether oxygens (including phenoxy) is 1. The van der Waals surface area contributed by atoms with Crippen molar-refractivity contribution in [1.29, 1.82) is 0 Å². The van der Waals surface area contributed by atoms with Crippen LogP contribution in [0.5, 0.6) is 0 Å². The zero-order valence-electron chi connectivity index (χ0n) is 12.5. The normalized spacial score (nSPS) is 31.8. The van der Waals surface area contributed by atoms with Crippen molar-refractivity contribution in [3.8, 4) is 0 Å². The Balaban J connectivity index is 1.76. The highest BCUT2D eigenvalue weighted by molar-refractivity contribution is 7.99. The first kappa shape index (κ1) is 14.5. The maximum Gasteiger partial charge on any atom is 0.121 e. The van der Waals surface area contributed by atoms with Gasteiger partial charge in [-0.25, -0.2) is 0 Å². The van der Waals surface area contributed by atoms with E-state index in [1.54, 1.807) is 0 Å². The quantitative estimate of drug-likeness (QED) is 0.921. The molecule has 2 aliphatic rings. The summed E-state index contributed by atoms with van der Waals surface area (Å²) in [6, 6.07) is 4.54. The van der Waals surface area contributed by atoms with Gasteiger partial charge in [-0.1, -0.05) is 6.92 Å². The molecular formula is C16H25NO2S. The molecule has 20 heavy (non-hydrogen) atoms. The van der Waals surface area contributed by atoms with Gasteiger partial charge in [0.25, 0.3) is 0 Å². The van der Waals surface area contributed by atoms with Gasteiger partial charge in [0.15, 0.2) is 0 Å². The summed E-state index contributed by atoms with van der Waals surface area (Å²) in [4.78, 5) is 0. The first-order valence-corrected chi connectivity index (χ1v) is 8.89. The van der Waals surface area contributed by atoms with Crippen molar-refractivity contribution in [1.82, 2.24) is 5.32 Å². The summed E-state index contributed by atoms with van der Waals surface area (Å²) in [7, 11) is 0. The van der Waals surface area contributed by atoms with Crippen LogP contribution in [0.4, 0.5) is 0 Å². The molecule has 4 heteroatoms. The first-order chi connectivity index (χ1) is 9.72. The van der Waals surface area contributed by atoms with Gasteiger partial charge in [-0.15, -0.1) is 0 Å². The highest BCUT2D eigenvalue weighted by Gasteiger charge is 2.43. The molecule has 3 nitrogen and oxygen atoms in total. The number of aryl methyl sites for hydroxylation is 1. The number of hydrogen-bond donors (Lipinski definition) is 1. The third-order valence-electron chi connectivity index (χ3n) is 4.56. The molecule has 0 aromatic carbocycles. The van der Waals surface area contributed by atoms with Crippen LogP contribution in [0.15, 0.2) is 16.5 Å². The maximum atomic E-state index is 6.15. The summed E-state index contributed by atoms with van der Waals surface area (Å²) in [6.07, 6.45) is 3.51. The van der Waals surface area contributed by atoms with Crippen LogP contribution in [0.25, 0.3) is 0 Å². The zero-order valence-corrected chi connectivity index (χ0v) is 13.3. The molecule has 2 aliphatic heterocycles. The minimum Gasteiger partial charge on any atom is -0.465 e. The van der Waals surface area contributed by atoms with Crippen LogP contribution in [0.2, 0.25) is 0 Å². The van der Waals surface area contributed by atoms with Crippen LogP contribution in [-0.2, 0) is 4.74 Å². The largest absolute Gasteiger partial charge is 0.465 e. The molecule has 3 heterocycles. The van der Waals surface area contributed by atoms with Crippen molar-refractivity contribution in [3.05, 3.63) is 23.7 Å². The van der Waals surface area contributed by atoms with E-state index < -0.39 is 0 Å². The lowest BCUT2D eigenvalue weighted by Gasteiger charge is -2.40. The summed E-state index contributed by atoms with van der Waals surface area (Å²) in [6.45, 7) is 6.06. The third-order valence-corrected chi connectivity index (χ3v) is 5.78. The molecule has 0 aliphatic carbocycles. The van der Waals surface area contributed by atoms with Crippen LogP contribution in [0.3, 0.4) is 0 Å². The van der Waals surface area contributed by atoms with E-state index in [4.69, 9.17) is 9.15 Å². The summed E-state index contributed by atoms with van der Waals surface area (Å²) in [5.41, 5.74) is 0.142. The van der Waals surface area contributed by atoms with Crippen LogP contribution < -0.4 is 5.32 Å². The van der Waals surface area contributed by atoms with Gasteiger partial charge in [-0.2, -0.15) is 11.8 Å². The molecule has 0 amide bonds. The topological polar surface area (TPSA) is 34.4 Å². The molecule has 0 bridgehead atoms. The monoisotopic (exact) mass is 295 g/mol. The highest BCUT2D eigenvalue weighted by atomic mass is 32.2. The smallest absolute Gasteiger partial charge is 0.121 e. The van der Waals surface area contributed by atoms with Gasteiger partial charge in [0.05, 0.1) is 11.6 Å².